The summed E-state index contributed by atoms with van der Waals surface area (Å²) in [6, 6.07) is 13.9. The molecule has 0 spiro atoms. The minimum absolute atomic E-state index is 0.174. The lowest BCUT2D eigenvalue weighted by Gasteiger charge is -2.20. The van der Waals surface area contributed by atoms with E-state index in [0.29, 0.717) is 23.5 Å². The van der Waals surface area contributed by atoms with Crippen LogP contribution in [-0.4, -0.2) is 35.3 Å². The van der Waals surface area contributed by atoms with Crippen molar-refractivity contribution in [3.63, 3.8) is 0 Å². The van der Waals surface area contributed by atoms with E-state index in [4.69, 9.17) is 13.9 Å². The van der Waals surface area contributed by atoms with Gasteiger partial charge in [-0.05, 0) is 61.7 Å². The van der Waals surface area contributed by atoms with Crippen LogP contribution >= 0.6 is 11.3 Å². The first-order valence-electron chi connectivity index (χ1n) is 9.92. The number of benzene rings is 1. The van der Waals surface area contributed by atoms with E-state index in [0.717, 1.165) is 10.6 Å². The van der Waals surface area contributed by atoms with Crippen LogP contribution in [0.2, 0.25) is 0 Å². The molecule has 1 amide bonds. The van der Waals surface area contributed by atoms with E-state index < -0.39 is 5.97 Å². The topological polar surface area (TPSA) is 81.3 Å². The zero-order valence-corrected chi connectivity index (χ0v) is 18.0. The predicted molar refractivity (Wildman–Crippen MR) is 116 cm³/mol. The first-order chi connectivity index (χ1) is 15.0. The van der Waals surface area contributed by atoms with E-state index in [9.17, 15) is 9.59 Å². The second kappa shape index (κ2) is 9.18. The Bertz CT molecular complexity index is 1060. The molecule has 1 aliphatic heterocycles. The number of furan rings is 1. The van der Waals surface area contributed by atoms with Crippen molar-refractivity contribution in [2.75, 3.05) is 6.61 Å². The fourth-order valence-electron chi connectivity index (χ4n) is 3.21. The normalized spacial score (nSPS) is 15.8. The number of hydrogen-bond donors (Lipinski definition) is 0. The number of esters is 1. The van der Waals surface area contributed by atoms with Crippen molar-refractivity contribution in [3.05, 3.63) is 76.4 Å². The van der Waals surface area contributed by atoms with Gasteiger partial charge in [-0.1, -0.05) is 6.07 Å². The van der Waals surface area contributed by atoms with E-state index in [-0.39, 0.29) is 24.7 Å². The molecule has 1 atom stereocenters. The lowest BCUT2D eigenvalue weighted by Crippen LogP contribution is -2.31. The Hall–Kier alpha value is -3.39. The van der Waals surface area contributed by atoms with E-state index >= 15 is 0 Å². The molecular weight excluding hydrogens is 416 g/mol. The van der Waals surface area contributed by atoms with E-state index in [2.05, 4.69) is 5.10 Å². The Morgan fingerprint density at radius 3 is 2.65 bits per heavy atom. The predicted octanol–water partition coefficient (Wildman–Crippen LogP) is 4.66. The highest BCUT2D eigenvalue weighted by Crippen LogP contribution is 2.35. The average Bonchev–Trinajstić information content (AvgIpc) is 3.52. The molecule has 3 aromatic rings. The molecule has 1 aromatic carbocycles. The number of ether oxygens (including phenoxy) is 2. The molecule has 4 rings (SSSR count). The number of carbonyl (C=O) groups is 2. The maximum atomic E-state index is 12.9. The molecule has 7 nitrogen and oxygen atoms in total. The highest BCUT2D eigenvalue weighted by Gasteiger charge is 2.34. The van der Waals surface area contributed by atoms with Gasteiger partial charge in [-0.15, -0.1) is 11.3 Å². The van der Waals surface area contributed by atoms with Gasteiger partial charge in [0.15, 0.2) is 6.61 Å². The van der Waals surface area contributed by atoms with E-state index in [1.807, 2.05) is 23.6 Å². The van der Waals surface area contributed by atoms with Gasteiger partial charge < -0.3 is 13.9 Å². The molecule has 1 aliphatic rings. The highest BCUT2D eigenvalue weighted by molar-refractivity contribution is 7.10. The third-order valence-corrected chi connectivity index (χ3v) is 5.61. The molecular formula is C23H22N2O5S. The van der Waals surface area contributed by atoms with Crippen LogP contribution in [0.1, 0.15) is 47.3 Å². The van der Waals surface area contributed by atoms with Crippen LogP contribution in [0, 0.1) is 0 Å². The lowest BCUT2D eigenvalue weighted by molar-refractivity contribution is -0.135. The summed E-state index contributed by atoms with van der Waals surface area (Å²) in [5, 5.41) is 7.96. The highest BCUT2D eigenvalue weighted by atomic mass is 32.1. The number of thiophene rings is 1. The molecule has 2 aromatic heterocycles. The molecule has 1 unspecified atom stereocenters. The molecule has 3 heterocycles. The number of rotatable bonds is 7. The van der Waals surface area contributed by atoms with Crippen molar-refractivity contribution in [2.45, 2.75) is 32.4 Å². The summed E-state index contributed by atoms with van der Waals surface area (Å²) in [6.07, 6.45) is 1.97. The van der Waals surface area contributed by atoms with Crippen LogP contribution in [-0.2, 0) is 9.53 Å². The second-order valence-corrected chi connectivity index (χ2v) is 8.24. The first kappa shape index (κ1) is 20.9. The van der Waals surface area contributed by atoms with Crippen LogP contribution in [0.5, 0.6) is 5.75 Å². The van der Waals surface area contributed by atoms with Crippen molar-refractivity contribution in [3.8, 4) is 5.75 Å². The Balaban J connectivity index is 1.43. The molecule has 0 radical (unpaired) electrons. The van der Waals surface area contributed by atoms with Crippen molar-refractivity contribution in [1.82, 2.24) is 5.01 Å². The monoisotopic (exact) mass is 438 g/mol. The number of nitrogens with zero attached hydrogens (tertiary/aromatic N) is 2. The Kier molecular flexibility index (Phi) is 6.18. The maximum Gasteiger partial charge on any atom is 0.338 e. The van der Waals surface area contributed by atoms with Crippen LogP contribution in [0.15, 0.2) is 69.7 Å². The molecule has 0 N–H and O–H groups in total. The van der Waals surface area contributed by atoms with Crippen molar-refractivity contribution >= 4 is 28.9 Å². The molecule has 0 aliphatic carbocycles. The molecule has 0 fully saturated rings. The van der Waals surface area contributed by atoms with E-state index in [1.165, 1.54) is 5.01 Å². The van der Waals surface area contributed by atoms with Gasteiger partial charge in [-0.3, -0.25) is 4.79 Å². The largest absolute Gasteiger partial charge is 0.484 e. The lowest BCUT2D eigenvalue weighted by atomic mass is 10.1. The van der Waals surface area contributed by atoms with Gasteiger partial charge in [0.2, 0.25) is 0 Å². The minimum atomic E-state index is -0.395. The number of carbonyl (C=O) groups excluding carboxylic acids is 2. The van der Waals surface area contributed by atoms with Crippen molar-refractivity contribution < 1.29 is 23.5 Å². The van der Waals surface area contributed by atoms with Gasteiger partial charge >= 0.3 is 5.97 Å². The summed E-state index contributed by atoms with van der Waals surface area (Å²) in [6.45, 7) is 3.41. The Labute approximate surface area is 183 Å². The minimum Gasteiger partial charge on any atom is -0.484 e. The van der Waals surface area contributed by atoms with Crippen molar-refractivity contribution in [1.29, 1.82) is 0 Å². The molecule has 0 saturated heterocycles. The Morgan fingerprint density at radius 1 is 1.19 bits per heavy atom. The van der Waals surface area contributed by atoms with Crippen LogP contribution in [0.4, 0.5) is 0 Å². The zero-order valence-electron chi connectivity index (χ0n) is 17.2. The standard InChI is InChI=1S/C23H22N2O5S/c1-15(2)30-23(27)16-7-9-17(10-8-16)29-14-22(26)25-19(21-6-4-12-31-21)13-18(24-25)20-5-3-11-28-20/h3-12,15,19H,13-14H2,1-2H3. The number of amides is 1. The summed E-state index contributed by atoms with van der Waals surface area (Å²) in [5.74, 6) is 0.481. The molecule has 0 saturated carbocycles. The van der Waals surface area contributed by atoms with Gasteiger partial charge in [0, 0.05) is 11.3 Å². The van der Waals surface area contributed by atoms with Crippen LogP contribution < -0.4 is 4.74 Å². The SMILES string of the molecule is CC(C)OC(=O)c1ccc(OCC(=O)N2N=C(c3ccco3)CC2c2cccs2)cc1. The quantitative estimate of drug-likeness (QED) is 0.501. The third kappa shape index (κ3) is 4.86. The first-order valence-corrected chi connectivity index (χ1v) is 10.8. The summed E-state index contributed by atoms with van der Waals surface area (Å²) >= 11 is 1.58. The van der Waals surface area contributed by atoms with Crippen molar-refractivity contribution in [2.24, 2.45) is 5.10 Å². The third-order valence-electron chi connectivity index (χ3n) is 4.64. The van der Waals surface area contributed by atoms with Gasteiger partial charge in [0.05, 0.1) is 24.0 Å². The number of hydrazone groups is 1. The molecule has 31 heavy (non-hydrogen) atoms. The van der Waals surface area contributed by atoms with Crippen LogP contribution in [0.3, 0.4) is 0 Å². The number of hydrogen-bond acceptors (Lipinski definition) is 7. The zero-order chi connectivity index (χ0) is 21.8. The Morgan fingerprint density at radius 2 is 2.00 bits per heavy atom. The summed E-state index contributed by atoms with van der Waals surface area (Å²) in [7, 11) is 0. The fourth-order valence-corrected chi connectivity index (χ4v) is 4.03. The van der Waals surface area contributed by atoms with Gasteiger partial charge in [-0.25, -0.2) is 9.80 Å². The van der Waals surface area contributed by atoms with Gasteiger partial charge in [0.1, 0.15) is 17.2 Å². The summed E-state index contributed by atoms with van der Waals surface area (Å²) < 4.78 is 16.3. The van der Waals surface area contributed by atoms with E-state index in [1.54, 1.807) is 61.8 Å². The fraction of sp³-hybridized carbons (Fsp3) is 0.261. The smallest absolute Gasteiger partial charge is 0.338 e. The maximum absolute atomic E-state index is 12.9. The second-order valence-electron chi connectivity index (χ2n) is 7.26. The summed E-state index contributed by atoms with van der Waals surface area (Å²) in [4.78, 5) is 25.9. The molecule has 8 heteroatoms. The van der Waals surface area contributed by atoms with Gasteiger partial charge in [-0.2, -0.15) is 5.10 Å². The van der Waals surface area contributed by atoms with Gasteiger partial charge in [0.25, 0.3) is 5.91 Å². The molecule has 0 bridgehead atoms. The average molecular weight is 439 g/mol. The molecule has 160 valence electrons. The summed E-state index contributed by atoms with van der Waals surface area (Å²) in [5.41, 5.74) is 1.15. The van der Waals surface area contributed by atoms with Crippen LogP contribution in [0.25, 0.3) is 0 Å².